The van der Waals surface area contributed by atoms with Gasteiger partial charge in [-0.1, -0.05) is 49.8 Å². The largest absolute Gasteiger partial charge is 0.513 e. The fourth-order valence-electron chi connectivity index (χ4n) is 1.79. The molecule has 0 aliphatic rings. The second-order valence-corrected chi connectivity index (χ2v) is 4.61. The van der Waals surface area contributed by atoms with Gasteiger partial charge in [-0.2, -0.15) is 0 Å². The van der Waals surface area contributed by atoms with E-state index in [1.807, 2.05) is 13.8 Å². The fourth-order valence-corrected chi connectivity index (χ4v) is 1.79. The van der Waals surface area contributed by atoms with E-state index in [1.54, 1.807) is 13.0 Å². The fraction of sp³-hybridized carbons (Fsp3) is 0.538. The number of hydrogen-bond acceptors (Lipinski definition) is 1. The van der Waals surface area contributed by atoms with Crippen LogP contribution < -0.4 is 10.2 Å². The molecule has 18 heavy (non-hydrogen) atoms. The first-order valence-corrected chi connectivity index (χ1v) is 6.31. The summed E-state index contributed by atoms with van der Waals surface area (Å²) in [6.45, 7) is 0.998. The molecule has 0 spiro atoms. The van der Waals surface area contributed by atoms with Crippen LogP contribution in [0.4, 0.5) is 12.9 Å². The van der Waals surface area contributed by atoms with Gasteiger partial charge in [-0.15, -0.1) is 0 Å². The van der Waals surface area contributed by atoms with Crippen LogP contribution in [0, 0.1) is 12.8 Å². The first-order chi connectivity index (χ1) is 8.38. The zero-order chi connectivity index (χ0) is 13.8. The van der Waals surface area contributed by atoms with E-state index >= 15 is 0 Å². The van der Waals surface area contributed by atoms with Crippen LogP contribution in [0.25, 0.3) is 0 Å². The lowest BCUT2D eigenvalue weighted by Gasteiger charge is -2.22. The Balaban J connectivity index is 2.88. The summed E-state index contributed by atoms with van der Waals surface area (Å²) in [5.74, 6) is 0.264. The second kappa shape index (κ2) is 6.16. The minimum Gasteiger partial charge on any atom is -0.496 e. The van der Waals surface area contributed by atoms with E-state index in [2.05, 4.69) is 0 Å². The van der Waals surface area contributed by atoms with Crippen molar-refractivity contribution in [1.82, 2.24) is 0 Å². The van der Waals surface area contributed by atoms with Crippen LogP contribution in [0.3, 0.4) is 0 Å². The summed E-state index contributed by atoms with van der Waals surface area (Å²) in [5, 5.41) is 0. The smallest absolute Gasteiger partial charge is 0.496 e. The minimum absolute atomic E-state index is 0.0417. The van der Waals surface area contributed by atoms with Gasteiger partial charge in [0.15, 0.2) is 0 Å². The molecule has 0 fully saturated rings. The van der Waals surface area contributed by atoms with E-state index in [9.17, 15) is 12.9 Å². The molecule has 0 heterocycles. The molecule has 0 atom stereocenters. The van der Waals surface area contributed by atoms with Crippen LogP contribution in [-0.2, 0) is 0 Å². The summed E-state index contributed by atoms with van der Waals surface area (Å²) in [6, 6.07) is 4.22. The third-order valence-electron chi connectivity index (χ3n) is 3.15. The molecule has 1 aromatic carbocycles. The third kappa shape index (κ3) is 3.96. The van der Waals surface area contributed by atoms with Gasteiger partial charge in [-0.3, -0.25) is 0 Å². The Morgan fingerprint density at radius 2 is 1.78 bits per heavy atom. The molecule has 0 amide bonds. The summed E-state index contributed by atoms with van der Waals surface area (Å²) in [7, 11) is 0. The van der Waals surface area contributed by atoms with E-state index in [-0.39, 0.29) is 5.75 Å². The lowest BCUT2D eigenvalue weighted by Crippen LogP contribution is -2.36. The van der Waals surface area contributed by atoms with Crippen LogP contribution in [0.1, 0.15) is 32.3 Å². The zero-order valence-electron chi connectivity index (χ0n) is 11.1. The van der Waals surface area contributed by atoms with Crippen molar-refractivity contribution in [2.75, 3.05) is 6.61 Å². The highest BCUT2D eigenvalue weighted by molar-refractivity contribution is 6.74. The highest BCUT2D eigenvalue weighted by Gasteiger charge is 2.29. The standard InChI is InChI=1S/C13H19BF3O/c1-4-11(5-2)9-18-13-7-6-10(3)8-12(13)14(15,16)17/h6-8,11H,4-5,9H2,1-3H3/q-1. The van der Waals surface area contributed by atoms with Gasteiger partial charge in [0.1, 0.15) is 0 Å². The molecule has 0 aromatic heterocycles. The van der Waals surface area contributed by atoms with Crippen molar-refractivity contribution < 1.29 is 17.7 Å². The predicted molar refractivity (Wildman–Crippen MR) is 69.5 cm³/mol. The van der Waals surface area contributed by atoms with Crippen molar-refractivity contribution in [2.45, 2.75) is 33.6 Å². The first kappa shape index (κ1) is 14.9. The van der Waals surface area contributed by atoms with Gasteiger partial charge in [0.2, 0.25) is 0 Å². The predicted octanol–water partition coefficient (Wildman–Crippen LogP) is 3.86. The molecule has 102 valence electrons. The summed E-state index contributed by atoms with van der Waals surface area (Å²) >= 11 is 0. The summed E-state index contributed by atoms with van der Waals surface area (Å²) in [4.78, 5) is 0. The first-order valence-electron chi connectivity index (χ1n) is 6.31. The van der Waals surface area contributed by atoms with Crippen LogP contribution in [0.2, 0.25) is 0 Å². The van der Waals surface area contributed by atoms with Crippen LogP contribution in [-0.4, -0.2) is 13.6 Å². The topological polar surface area (TPSA) is 9.23 Å². The Bertz CT molecular complexity index is 386. The number of hydrogen-bond donors (Lipinski definition) is 0. The second-order valence-electron chi connectivity index (χ2n) is 4.61. The minimum atomic E-state index is -5.02. The van der Waals surface area contributed by atoms with E-state index in [0.29, 0.717) is 18.1 Å². The van der Waals surface area contributed by atoms with Crippen molar-refractivity contribution in [1.29, 1.82) is 0 Å². The molecular weight excluding hydrogens is 240 g/mol. The molecule has 0 saturated carbocycles. The van der Waals surface area contributed by atoms with Gasteiger partial charge in [0.05, 0.1) is 12.4 Å². The molecule has 0 aliphatic heterocycles. The molecule has 0 saturated heterocycles. The van der Waals surface area contributed by atoms with Crippen LogP contribution in [0.15, 0.2) is 18.2 Å². The summed E-state index contributed by atoms with van der Waals surface area (Å²) < 4.78 is 44.1. The van der Waals surface area contributed by atoms with Crippen molar-refractivity contribution in [3.8, 4) is 5.75 Å². The van der Waals surface area contributed by atoms with Crippen LogP contribution in [0.5, 0.6) is 5.75 Å². The number of aryl methyl sites for hydroxylation is 1. The van der Waals surface area contributed by atoms with Gasteiger partial charge in [-0.05, 0) is 18.9 Å². The van der Waals surface area contributed by atoms with Crippen molar-refractivity contribution in [3.63, 3.8) is 0 Å². The molecule has 0 N–H and O–H groups in total. The third-order valence-corrected chi connectivity index (χ3v) is 3.15. The Hall–Kier alpha value is -1.13. The molecule has 0 aliphatic carbocycles. The maximum atomic E-state index is 12.9. The van der Waals surface area contributed by atoms with Gasteiger partial charge < -0.3 is 17.7 Å². The molecule has 1 nitrogen and oxygen atoms in total. The Labute approximate surface area is 106 Å². The normalized spacial score (nSPS) is 11.9. The van der Waals surface area contributed by atoms with Gasteiger partial charge >= 0.3 is 6.98 Å². The van der Waals surface area contributed by atoms with E-state index in [0.717, 1.165) is 18.9 Å². The molecule has 0 bridgehead atoms. The highest BCUT2D eigenvalue weighted by Crippen LogP contribution is 2.20. The number of ether oxygens (including phenoxy) is 1. The summed E-state index contributed by atoms with van der Waals surface area (Å²) in [5.41, 5.74) is -0.0277. The van der Waals surface area contributed by atoms with E-state index in [1.165, 1.54) is 6.07 Å². The van der Waals surface area contributed by atoms with E-state index in [4.69, 9.17) is 4.74 Å². The monoisotopic (exact) mass is 259 g/mol. The molecule has 0 radical (unpaired) electrons. The SMILES string of the molecule is CCC(CC)COc1ccc(C)cc1[B-](F)(F)F. The Morgan fingerprint density at radius 1 is 1.17 bits per heavy atom. The van der Waals surface area contributed by atoms with E-state index < -0.39 is 12.4 Å². The quantitative estimate of drug-likeness (QED) is 0.705. The van der Waals surface area contributed by atoms with Crippen molar-refractivity contribution in [3.05, 3.63) is 23.8 Å². The number of benzene rings is 1. The van der Waals surface area contributed by atoms with Crippen LogP contribution >= 0.6 is 0 Å². The number of halogens is 3. The van der Waals surface area contributed by atoms with Gasteiger partial charge in [0.25, 0.3) is 0 Å². The lowest BCUT2D eigenvalue weighted by atomic mass is 9.78. The maximum absolute atomic E-state index is 12.9. The molecular formula is C13H19BF3O-. The molecule has 1 aromatic rings. The average Bonchev–Trinajstić information content (AvgIpc) is 2.30. The molecule has 1 rings (SSSR count). The Morgan fingerprint density at radius 3 is 2.28 bits per heavy atom. The Kier molecular flexibility index (Phi) is 5.11. The highest BCUT2D eigenvalue weighted by atomic mass is 19.4. The zero-order valence-corrected chi connectivity index (χ0v) is 11.1. The maximum Gasteiger partial charge on any atom is 0.513 e. The lowest BCUT2D eigenvalue weighted by molar-refractivity contribution is 0.241. The summed E-state index contributed by atoms with van der Waals surface area (Å²) in [6.07, 6.45) is 1.82. The molecule has 5 heteroatoms. The van der Waals surface area contributed by atoms with Crippen molar-refractivity contribution >= 4 is 12.4 Å². The average molecular weight is 259 g/mol. The van der Waals surface area contributed by atoms with Gasteiger partial charge in [-0.25, -0.2) is 0 Å². The van der Waals surface area contributed by atoms with Crippen molar-refractivity contribution in [2.24, 2.45) is 5.92 Å². The molecule has 0 unspecified atom stereocenters. The van der Waals surface area contributed by atoms with Gasteiger partial charge in [0, 0.05) is 0 Å². The number of rotatable bonds is 6.